The van der Waals surface area contributed by atoms with Crippen molar-refractivity contribution in [3.05, 3.63) is 28.0 Å². The zero-order chi connectivity index (χ0) is 14.8. The molecule has 0 aliphatic heterocycles. The molecule has 4 nitrogen and oxygen atoms in total. The Bertz CT molecular complexity index is 560. The molecular formula is C12H17BrFNO3S. The summed E-state index contributed by atoms with van der Waals surface area (Å²) in [5.74, 6) is -0.898. The van der Waals surface area contributed by atoms with Crippen molar-refractivity contribution in [2.75, 3.05) is 6.54 Å². The summed E-state index contributed by atoms with van der Waals surface area (Å²) in [6, 6.07) is 2.31. The van der Waals surface area contributed by atoms with Crippen molar-refractivity contribution < 1.29 is 17.9 Å². The van der Waals surface area contributed by atoms with Crippen LogP contribution in [-0.2, 0) is 16.6 Å². The molecule has 7 heteroatoms. The van der Waals surface area contributed by atoms with Crippen molar-refractivity contribution in [2.45, 2.75) is 38.3 Å². The molecule has 0 amide bonds. The molecule has 0 bridgehead atoms. The van der Waals surface area contributed by atoms with E-state index in [1.54, 1.807) is 20.8 Å². The van der Waals surface area contributed by atoms with Crippen LogP contribution in [0, 0.1) is 5.82 Å². The third-order valence-corrected chi connectivity index (χ3v) is 5.33. The lowest BCUT2D eigenvalue weighted by Crippen LogP contribution is -2.37. The highest BCUT2D eigenvalue weighted by molar-refractivity contribution is 9.10. The van der Waals surface area contributed by atoms with Gasteiger partial charge in [0, 0.05) is 22.6 Å². The van der Waals surface area contributed by atoms with Crippen LogP contribution in [0.2, 0.25) is 0 Å². The first-order valence-corrected chi connectivity index (χ1v) is 8.09. The Labute approximate surface area is 121 Å². The maximum atomic E-state index is 14.1. The van der Waals surface area contributed by atoms with E-state index >= 15 is 0 Å². The normalized spacial score (nSPS) is 12.4. The number of aliphatic hydroxyl groups excluding tert-OH is 1. The van der Waals surface area contributed by atoms with Crippen LogP contribution in [0.5, 0.6) is 0 Å². The van der Waals surface area contributed by atoms with E-state index in [0.717, 1.165) is 0 Å². The fraction of sp³-hybridized carbons (Fsp3) is 0.500. The third kappa shape index (κ3) is 3.34. The van der Waals surface area contributed by atoms with Crippen LogP contribution in [0.3, 0.4) is 0 Å². The maximum Gasteiger partial charge on any atom is 0.246 e. The Kier molecular flexibility index (Phi) is 5.49. The highest BCUT2D eigenvalue weighted by Gasteiger charge is 2.29. The molecule has 19 heavy (non-hydrogen) atoms. The van der Waals surface area contributed by atoms with E-state index in [-0.39, 0.29) is 18.2 Å². The van der Waals surface area contributed by atoms with Gasteiger partial charge in [-0.2, -0.15) is 4.31 Å². The summed E-state index contributed by atoms with van der Waals surface area (Å²) >= 11 is 3.13. The first kappa shape index (κ1) is 16.6. The zero-order valence-corrected chi connectivity index (χ0v) is 13.4. The molecule has 0 aliphatic rings. The minimum Gasteiger partial charge on any atom is -0.392 e. The van der Waals surface area contributed by atoms with E-state index in [4.69, 9.17) is 5.11 Å². The standard InChI is InChI=1S/C12H17BrFNO3S/c1-4-15(8(2)3)19(17,18)11-6-10(13)5-9(7-16)12(11)14/h5-6,8,16H,4,7H2,1-3H3. The fourth-order valence-corrected chi connectivity index (χ4v) is 4.30. The molecule has 1 aromatic carbocycles. The van der Waals surface area contributed by atoms with E-state index in [0.29, 0.717) is 4.47 Å². The summed E-state index contributed by atoms with van der Waals surface area (Å²) in [5.41, 5.74) is -0.0484. The highest BCUT2D eigenvalue weighted by Crippen LogP contribution is 2.27. The van der Waals surface area contributed by atoms with Crippen molar-refractivity contribution in [1.29, 1.82) is 0 Å². The van der Waals surface area contributed by atoms with Crippen LogP contribution in [-0.4, -0.2) is 30.4 Å². The zero-order valence-electron chi connectivity index (χ0n) is 11.0. The minimum absolute atomic E-state index is 0.0484. The number of halogens is 2. The van der Waals surface area contributed by atoms with Crippen LogP contribution < -0.4 is 0 Å². The largest absolute Gasteiger partial charge is 0.392 e. The summed E-state index contributed by atoms with van der Waals surface area (Å²) < 4.78 is 40.6. The number of nitrogens with zero attached hydrogens (tertiary/aromatic N) is 1. The SMILES string of the molecule is CCN(C(C)C)S(=O)(=O)c1cc(Br)cc(CO)c1F. The summed E-state index contributed by atoms with van der Waals surface area (Å²) in [7, 11) is -3.92. The van der Waals surface area contributed by atoms with Crippen LogP contribution in [0.15, 0.2) is 21.5 Å². The molecule has 108 valence electrons. The lowest BCUT2D eigenvalue weighted by molar-refractivity contribution is 0.274. The molecule has 1 N–H and O–H groups in total. The van der Waals surface area contributed by atoms with Gasteiger partial charge in [-0.1, -0.05) is 22.9 Å². The molecule has 0 aromatic heterocycles. The van der Waals surface area contributed by atoms with Gasteiger partial charge in [-0.15, -0.1) is 0 Å². The molecule has 0 unspecified atom stereocenters. The molecular weight excluding hydrogens is 337 g/mol. The van der Waals surface area contributed by atoms with E-state index in [9.17, 15) is 12.8 Å². The average molecular weight is 354 g/mol. The lowest BCUT2D eigenvalue weighted by Gasteiger charge is -2.25. The number of hydrogen-bond acceptors (Lipinski definition) is 3. The van der Waals surface area contributed by atoms with Gasteiger partial charge in [0.25, 0.3) is 0 Å². The van der Waals surface area contributed by atoms with Crippen LogP contribution in [0.25, 0.3) is 0 Å². The monoisotopic (exact) mass is 353 g/mol. The number of benzene rings is 1. The van der Waals surface area contributed by atoms with E-state index in [1.165, 1.54) is 16.4 Å². The van der Waals surface area contributed by atoms with E-state index in [2.05, 4.69) is 15.9 Å². The molecule has 0 saturated heterocycles. The van der Waals surface area contributed by atoms with E-state index < -0.39 is 27.3 Å². The van der Waals surface area contributed by atoms with Gasteiger partial charge in [0.2, 0.25) is 10.0 Å². The van der Waals surface area contributed by atoms with E-state index in [1.807, 2.05) is 0 Å². The number of hydrogen-bond donors (Lipinski definition) is 1. The molecule has 0 radical (unpaired) electrons. The minimum atomic E-state index is -3.92. The Morgan fingerprint density at radius 1 is 1.42 bits per heavy atom. The van der Waals surface area contributed by atoms with Crippen molar-refractivity contribution >= 4 is 26.0 Å². The second-order valence-corrected chi connectivity index (χ2v) is 7.11. The predicted molar refractivity (Wildman–Crippen MR) is 74.7 cm³/mol. The Morgan fingerprint density at radius 3 is 2.42 bits per heavy atom. The molecule has 1 rings (SSSR count). The van der Waals surface area contributed by atoms with Crippen molar-refractivity contribution in [3.8, 4) is 0 Å². The Balaban J connectivity index is 3.48. The Hall–Kier alpha value is -0.500. The third-order valence-electron chi connectivity index (χ3n) is 2.72. The number of rotatable bonds is 5. The van der Waals surface area contributed by atoms with Crippen molar-refractivity contribution in [2.24, 2.45) is 0 Å². The molecule has 0 fully saturated rings. The Morgan fingerprint density at radius 2 is 2.00 bits per heavy atom. The van der Waals surface area contributed by atoms with Crippen LogP contribution in [0.1, 0.15) is 26.3 Å². The summed E-state index contributed by atoms with van der Waals surface area (Å²) in [6.45, 7) is 4.84. The van der Waals surface area contributed by atoms with Crippen molar-refractivity contribution in [1.82, 2.24) is 4.31 Å². The van der Waals surface area contributed by atoms with Crippen LogP contribution >= 0.6 is 15.9 Å². The second kappa shape index (κ2) is 6.30. The number of aliphatic hydroxyl groups is 1. The molecule has 0 atom stereocenters. The van der Waals surface area contributed by atoms with Gasteiger partial charge in [-0.3, -0.25) is 0 Å². The molecule has 0 heterocycles. The molecule has 1 aromatic rings. The first-order chi connectivity index (χ1) is 8.75. The van der Waals surface area contributed by atoms with Crippen molar-refractivity contribution in [3.63, 3.8) is 0 Å². The smallest absolute Gasteiger partial charge is 0.246 e. The number of sulfonamides is 1. The van der Waals surface area contributed by atoms with Gasteiger partial charge in [-0.25, -0.2) is 12.8 Å². The van der Waals surface area contributed by atoms with Gasteiger partial charge >= 0.3 is 0 Å². The topological polar surface area (TPSA) is 57.6 Å². The summed E-state index contributed by atoms with van der Waals surface area (Å²) in [6.07, 6.45) is 0. The lowest BCUT2D eigenvalue weighted by atomic mass is 10.2. The second-order valence-electron chi connectivity index (χ2n) is 4.34. The predicted octanol–water partition coefficient (Wildman–Crippen LogP) is 2.50. The highest BCUT2D eigenvalue weighted by atomic mass is 79.9. The van der Waals surface area contributed by atoms with Gasteiger partial charge < -0.3 is 5.11 Å². The summed E-state index contributed by atoms with van der Waals surface area (Å²) in [5, 5.41) is 9.07. The molecule has 0 spiro atoms. The van der Waals surface area contributed by atoms with Gasteiger partial charge in [0.15, 0.2) is 0 Å². The summed E-state index contributed by atoms with van der Waals surface area (Å²) in [4.78, 5) is -0.415. The van der Waals surface area contributed by atoms with Gasteiger partial charge in [0.1, 0.15) is 10.7 Å². The average Bonchev–Trinajstić information content (AvgIpc) is 2.31. The van der Waals surface area contributed by atoms with Gasteiger partial charge in [-0.05, 0) is 26.0 Å². The first-order valence-electron chi connectivity index (χ1n) is 5.86. The molecule has 0 saturated carbocycles. The molecule has 0 aliphatic carbocycles. The quantitative estimate of drug-likeness (QED) is 0.884. The maximum absolute atomic E-state index is 14.1. The van der Waals surface area contributed by atoms with Gasteiger partial charge in [0.05, 0.1) is 6.61 Å². The fourth-order valence-electron chi connectivity index (χ4n) is 1.86. The van der Waals surface area contributed by atoms with Crippen LogP contribution in [0.4, 0.5) is 4.39 Å².